The minimum Gasteiger partial charge on any atom is -0.494 e. The second-order valence-electron chi connectivity index (χ2n) is 8.84. The Balaban J connectivity index is 1.53. The van der Waals surface area contributed by atoms with Crippen LogP contribution in [0.4, 0.5) is 0 Å². The van der Waals surface area contributed by atoms with Crippen LogP contribution in [0.2, 0.25) is 0 Å². The van der Waals surface area contributed by atoms with Crippen LogP contribution in [-0.4, -0.2) is 56.2 Å². The molecular weight excluding hydrogens is 420 g/mol. The summed E-state index contributed by atoms with van der Waals surface area (Å²) in [6, 6.07) is 13.8. The van der Waals surface area contributed by atoms with E-state index in [1.54, 1.807) is 0 Å². The molecule has 4 heterocycles. The third-order valence-corrected chi connectivity index (χ3v) is 6.65. The molecule has 0 spiro atoms. The number of hydrogen-bond acceptors (Lipinski definition) is 5. The van der Waals surface area contributed by atoms with Gasteiger partial charge in [-0.05, 0) is 66.6 Å². The molecule has 1 fully saturated rings. The maximum atomic E-state index is 13.6. The Morgan fingerprint density at radius 3 is 2.73 bits per heavy atom. The molecule has 1 unspecified atom stereocenters. The Labute approximate surface area is 194 Å². The Kier molecular flexibility index (Phi) is 6.48. The van der Waals surface area contributed by atoms with E-state index in [1.807, 2.05) is 41.3 Å². The van der Waals surface area contributed by atoms with Crippen molar-refractivity contribution in [1.82, 2.24) is 10.2 Å². The summed E-state index contributed by atoms with van der Waals surface area (Å²) >= 11 is 0. The van der Waals surface area contributed by atoms with Crippen molar-refractivity contribution in [3.05, 3.63) is 59.2 Å². The van der Waals surface area contributed by atoms with E-state index in [2.05, 4.69) is 11.4 Å². The normalized spacial score (nSPS) is 21.6. The van der Waals surface area contributed by atoms with Gasteiger partial charge < -0.3 is 24.4 Å². The van der Waals surface area contributed by atoms with Gasteiger partial charge in [-0.2, -0.15) is 0 Å². The summed E-state index contributed by atoms with van der Waals surface area (Å²) in [5.74, 6) is 1.51. The minimum absolute atomic E-state index is 0.00112. The Hall–Kier alpha value is -3.06. The summed E-state index contributed by atoms with van der Waals surface area (Å²) in [5.41, 5.74) is 3.29. The summed E-state index contributed by atoms with van der Waals surface area (Å²) < 4.78 is 17.2. The fourth-order valence-corrected chi connectivity index (χ4v) is 4.93. The van der Waals surface area contributed by atoms with Crippen molar-refractivity contribution in [2.75, 3.05) is 39.5 Å². The molecule has 1 atom stereocenters. The van der Waals surface area contributed by atoms with E-state index in [0.717, 1.165) is 41.7 Å². The zero-order valence-electron chi connectivity index (χ0n) is 18.8. The largest absolute Gasteiger partial charge is 0.494 e. The van der Waals surface area contributed by atoms with Crippen molar-refractivity contribution in [2.24, 2.45) is 5.92 Å². The number of nitrogens with zero attached hydrogens (tertiary/aromatic N) is 1. The maximum Gasteiger partial charge on any atom is 0.257 e. The van der Waals surface area contributed by atoms with Crippen molar-refractivity contribution >= 4 is 11.8 Å². The van der Waals surface area contributed by atoms with Crippen molar-refractivity contribution < 1.29 is 23.8 Å². The minimum atomic E-state index is -0.183. The van der Waals surface area contributed by atoms with E-state index >= 15 is 0 Å². The van der Waals surface area contributed by atoms with Gasteiger partial charge in [0.05, 0.1) is 12.6 Å². The summed E-state index contributed by atoms with van der Waals surface area (Å²) in [4.78, 5) is 27.7. The average Bonchev–Trinajstić information content (AvgIpc) is 2.86. The zero-order valence-corrected chi connectivity index (χ0v) is 18.8. The van der Waals surface area contributed by atoms with Gasteiger partial charge in [0, 0.05) is 32.2 Å². The van der Waals surface area contributed by atoms with Gasteiger partial charge in [0.15, 0.2) is 6.61 Å². The molecule has 2 aromatic rings. The number of carbonyl (C=O) groups is 2. The van der Waals surface area contributed by atoms with Crippen molar-refractivity contribution in [2.45, 2.75) is 31.7 Å². The highest BCUT2D eigenvalue weighted by Gasteiger charge is 2.36. The Bertz CT molecular complexity index is 1020. The third-order valence-electron chi connectivity index (χ3n) is 6.65. The van der Waals surface area contributed by atoms with Gasteiger partial charge >= 0.3 is 0 Å². The molecule has 1 saturated heterocycles. The Morgan fingerprint density at radius 2 is 1.85 bits per heavy atom. The first kappa shape index (κ1) is 21.8. The third kappa shape index (κ3) is 4.83. The van der Waals surface area contributed by atoms with Gasteiger partial charge in [-0.25, -0.2) is 0 Å². The number of nitrogens with one attached hydrogen (secondary N) is 1. The molecular formula is C26H30N2O5. The molecule has 33 heavy (non-hydrogen) atoms. The lowest BCUT2D eigenvalue weighted by atomic mass is 9.86. The first-order chi connectivity index (χ1) is 16.2. The second-order valence-corrected chi connectivity index (χ2v) is 8.84. The molecule has 4 aliphatic heterocycles. The van der Waals surface area contributed by atoms with Gasteiger partial charge in [0.2, 0.25) is 5.91 Å². The van der Waals surface area contributed by atoms with Crippen molar-refractivity contribution in [1.29, 1.82) is 0 Å². The van der Waals surface area contributed by atoms with E-state index in [-0.39, 0.29) is 30.4 Å². The van der Waals surface area contributed by atoms with Gasteiger partial charge in [0.25, 0.3) is 5.91 Å². The van der Waals surface area contributed by atoms with E-state index in [9.17, 15) is 9.59 Å². The summed E-state index contributed by atoms with van der Waals surface area (Å²) in [6.45, 7) is 2.94. The fourth-order valence-electron chi connectivity index (χ4n) is 4.93. The lowest BCUT2D eigenvalue weighted by molar-refractivity contribution is -0.140. The Morgan fingerprint density at radius 1 is 1.00 bits per heavy atom. The molecule has 1 N–H and O–H groups in total. The molecule has 0 aromatic heterocycles. The number of ether oxygens (including phenoxy) is 3. The predicted molar refractivity (Wildman–Crippen MR) is 122 cm³/mol. The summed E-state index contributed by atoms with van der Waals surface area (Å²) in [7, 11) is 0. The van der Waals surface area contributed by atoms with Crippen LogP contribution in [0.5, 0.6) is 11.5 Å². The van der Waals surface area contributed by atoms with Gasteiger partial charge in [0.1, 0.15) is 11.5 Å². The summed E-state index contributed by atoms with van der Waals surface area (Å²) in [6.07, 6.45) is 2.99. The standard InChI is InChI=1S/C26H30N2O5/c29-24-17-33-22-5-6-23-19(15-22)7-11-28(26(30)18-8-13-31-14-9-18)25(23)20-3-1-4-21(16-20)32-12-2-10-27-24/h1,3-6,15-16,18,25H,2,7-14,17H2,(H,27,29). The molecule has 4 aliphatic rings. The highest BCUT2D eigenvalue weighted by atomic mass is 16.5. The van der Waals surface area contributed by atoms with Crippen LogP contribution in [0, 0.1) is 5.92 Å². The lowest BCUT2D eigenvalue weighted by Gasteiger charge is -2.40. The number of hydrogen-bond donors (Lipinski definition) is 1. The highest BCUT2D eigenvalue weighted by molar-refractivity contribution is 5.80. The molecule has 2 aromatic carbocycles. The molecule has 7 heteroatoms. The van der Waals surface area contributed by atoms with E-state index in [0.29, 0.717) is 45.1 Å². The highest BCUT2D eigenvalue weighted by Crippen LogP contribution is 2.39. The molecule has 0 aliphatic carbocycles. The van der Waals surface area contributed by atoms with Gasteiger partial charge in [-0.1, -0.05) is 18.2 Å². The number of benzene rings is 2. The van der Waals surface area contributed by atoms with E-state index in [4.69, 9.17) is 14.2 Å². The quantitative estimate of drug-likeness (QED) is 0.723. The molecule has 0 radical (unpaired) electrons. The van der Waals surface area contributed by atoms with Gasteiger partial charge in [-0.3, -0.25) is 9.59 Å². The SMILES string of the molecule is O=C1COc2ccc3c(c2)CCN(C(=O)C2CCOCC2)C3c2cccc(c2)OCCCN1. The molecule has 6 rings (SSSR count). The smallest absolute Gasteiger partial charge is 0.257 e. The first-order valence-corrected chi connectivity index (χ1v) is 11.8. The van der Waals surface area contributed by atoms with Crippen LogP contribution in [0.3, 0.4) is 0 Å². The second kappa shape index (κ2) is 9.83. The zero-order chi connectivity index (χ0) is 22.6. The average molecular weight is 451 g/mol. The van der Waals surface area contributed by atoms with Crippen LogP contribution >= 0.6 is 0 Å². The number of carbonyl (C=O) groups excluding carboxylic acids is 2. The van der Waals surface area contributed by atoms with Crippen LogP contribution in [-0.2, 0) is 20.7 Å². The van der Waals surface area contributed by atoms with Crippen LogP contribution in [0.1, 0.15) is 42.0 Å². The monoisotopic (exact) mass is 450 g/mol. The molecule has 0 saturated carbocycles. The van der Waals surface area contributed by atoms with Crippen molar-refractivity contribution in [3.8, 4) is 11.5 Å². The fraction of sp³-hybridized carbons (Fsp3) is 0.462. The number of amides is 2. The number of fused-ring (bicyclic) bond motifs is 8. The number of rotatable bonds is 1. The van der Waals surface area contributed by atoms with Crippen LogP contribution in [0.25, 0.3) is 0 Å². The first-order valence-electron chi connectivity index (χ1n) is 11.8. The van der Waals surface area contributed by atoms with Crippen LogP contribution in [0.15, 0.2) is 42.5 Å². The maximum absolute atomic E-state index is 13.6. The van der Waals surface area contributed by atoms with Crippen LogP contribution < -0.4 is 14.8 Å². The summed E-state index contributed by atoms with van der Waals surface area (Å²) in [5, 5.41) is 2.86. The van der Waals surface area contributed by atoms with E-state index < -0.39 is 0 Å². The van der Waals surface area contributed by atoms with Crippen molar-refractivity contribution in [3.63, 3.8) is 0 Å². The molecule has 174 valence electrons. The predicted octanol–water partition coefficient (Wildman–Crippen LogP) is 2.86. The van der Waals surface area contributed by atoms with Gasteiger partial charge in [-0.15, -0.1) is 0 Å². The molecule has 6 bridgehead atoms. The van der Waals surface area contributed by atoms with E-state index in [1.165, 1.54) is 0 Å². The molecule has 7 nitrogen and oxygen atoms in total. The lowest BCUT2D eigenvalue weighted by Crippen LogP contribution is -2.44. The molecule has 2 amide bonds. The topological polar surface area (TPSA) is 77.1 Å².